The van der Waals surface area contributed by atoms with Gasteiger partial charge in [-0.1, -0.05) is 11.6 Å². The standard InChI is InChI=1S/C15H8ClIN4O3S2/c16-10-1-3-14(12(17)6-10)24-13-4-2-11(5-9(13)7-18)26(22,23)21-15-19-8-20-25-15/h1-6,8H,(H,19,20,21). The van der Waals surface area contributed by atoms with Gasteiger partial charge < -0.3 is 4.74 Å². The number of sulfonamides is 1. The average molecular weight is 519 g/mol. The Morgan fingerprint density at radius 1 is 1.23 bits per heavy atom. The molecule has 3 aromatic rings. The number of nitrogens with one attached hydrogen (secondary N) is 1. The van der Waals surface area contributed by atoms with E-state index >= 15 is 0 Å². The van der Waals surface area contributed by atoms with E-state index in [-0.39, 0.29) is 21.3 Å². The van der Waals surface area contributed by atoms with Crippen molar-refractivity contribution in [2.75, 3.05) is 4.72 Å². The number of aromatic nitrogens is 2. The molecule has 26 heavy (non-hydrogen) atoms. The summed E-state index contributed by atoms with van der Waals surface area (Å²) in [7, 11) is -3.89. The number of hydrogen-bond donors (Lipinski definition) is 1. The van der Waals surface area contributed by atoms with Crippen LogP contribution in [0, 0.1) is 14.9 Å². The predicted octanol–water partition coefficient (Wildman–Crippen LogP) is 4.26. The van der Waals surface area contributed by atoms with Gasteiger partial charge in [-0.2, -0.15) is 9.64 Å². The zero-order valence-corrected chi connectivity index (χ0v) is 17.2. The van der Waals surface area contributed by atoms with Gasteiger partial charge in [0.1, 0.15) is 23.9 Å². The van der Waals surface area contributed by atoms with E-state index in [0.29, 0.717) is 10.8 Å². The Bertz CT molecular complexity index is 1100. The minimum atomic E-state index is -3.89. The summed E-state index contributed by atoms with van der Waals surface area (Å²) in [5, 5.41) is 10.1. The molecule has 0 aliphatic rings. The average Bonchev–Trinajstić information content (AvgIpc) is 3.09. The van der Waals surface area contributed by atoms with E-state index in [1.54, 1.807) is 18.2 Å². The van der Waals surface area contributed by atoms with Crippen LogP contribution in [0.4, 0.5) is 5.13 Å². The Kier molecular flexibility index (Phi) is 5.61. The molecule has 0 atom stereocenters. The molecule has 1 aromatic heterocycles. The molecule has 7 nitrogen and oxygen atoms in total. The Morgan fingerprint density at radius 2 is 2.00 bits per heavy atom. The molecule has 0 aliphatic carbocycles. The normalized spacial score (nSPS) is 11.0. The van der Waals surface area contributed by atoms with Crippen LogP contribution < -0.4 is 9.46 Å². The van der Waals surface area contributed by atoms with Crippen molar-refractivity contribution in [2.24, 2.45) is 0 Å². The lowest BCUT2D eigenvalue weighted by molar-refractivity contribution is 0.477. The van der Waals surface area contributed by atoms with Crippen molar-refractivity contribution in [1.82, 2.24) is 9.36 Å². The van der Waals surface area contributed by atoms with Gasteiger partial charge in [-0.25, -0.2) is 13.4 Å². The minimum absolute atomic E-state index is 0.0795. The molecule has 1 N–H and O–H groups in total. The van der Waals surface area contributed by atoms with Crippen molar-refractivity contribution in [2.45, 2.75) is 4.90 Å². The molecule has 132 valence electrons. The van der Waals surface area contributed by atoms with Crippen molar-refractivity contribution in [1.29, 1.82) is 5.26 Å². The third-order valence-electron chi connectivity index (χ3n) is 3.08. The summed E-state index contributed by atoms with van der Waals surface area (Å²) in [4.78, 5) is 3.69. The first-order chi connectivity index (χ1) is 12.4. The Hall–Kier alpha value is -1.94. The molecule has 11 heteroatoms. The molecule has 2 aromatic carbocycles. The van der Waals surface area contributed by atoms with Gasteiger partial charge in [0.15, 0.2) is 0 Å². The lowest BCUT2D eigenvalue weighted by atomic mass is 10.2. The van der Waals surface area contributed by atoms with Crippen LogP contribution in [0.25, 0.3) is 0 Å². The number of halogens is 2. The summed E-state index contributed by atoms with van der Waals surface area (Å²) in [6.45, 7) is 0. The highest BCUT2D eigenvalue weighted by molar-refractivity contribution is 14.1. The van der Waals surface area contributed by atoms with Crippen molar-refractivity contribution < 1.29 is 13.2 Å². The van der Waals surface area contributed by atoms with Crippen molar-refractivity contribution in [3.05, 3.63) is 56.9 Å². The minimum Gasteiger partial charge on any atom is -0.455 e. The second-order valence-electron chi connectivity index (χ2n) is 4.80. The summed E-state index contributed by atoms with van der Waals surface area (Å²) in [6.07, 6.45) is 1.24. The van der Waals surface area contributed by atoms with E-state index in [0.717, 1.165) is 15.1 Å². The zero-order valence-electron chi connectivity index (χ0n) is 12.7. The topological polar surface area (TPSA) is 105 Å². The second kappa shape index (κ2) is 7.75. The summed E-state index contributed by atoms with van der Waals surface area (Å²) in [5.41, 5.74) is 0.0795. The molecule has 0 saturated carbocycles. The molecule has 0 aliphatic heterocycles. The number of anilines is 1. The quantitative estimate of drug-likeness (QED) is 0.506. The molecular formula is C15H8ClIN4O3S2. The highest BCUT2D eigenvalue weighted by Gasteiger charge is 2.19. The van der Waals surface area contributed by atoms with Gasteiger partial charge in [0.2, 0.25) is 5.13 Å². The van der Waals surface area contributed by atoms with Crippen LogP contribution in [0.2, 0.25) is 5.02 Å². The van der Waals surface area contributed by atoms with E-state index < -0.39 is 10.0 Å². The lowest BCUT2D eigenvalue weighted by Gasteiger charge is -2.11. The molecule has 0 fully saturated rings. The lowest BCUT2D eigenvalue weighted by Crippen LogP contribution is -2.13. The third-order valence-corrected chi connectivity index (χ3v) is 6.20. The van der Waals surface area contributed by atoms with Gasteiger partial charge in [0.05, 0.1) is 14.0 Å². The zero-order chi connectivity index (χ0) is 18.7. The highest BCUT2D eigenvalue weighted by atomic mass is 127. The third kappa shape index (κ3) is 4.24. The number of ether oxygens (including phenoxy) is 1. The Morgan fingerprint density at radius 3 is 2.65 bits per heavy atom. The van der Waals surface area contributed by atoms with Crippen molar-refractivity contribution in [3.63, 3.8) is 0 Å². The molecule has 0 radical (unpaired) electrons. The number of rotatable bonds is 5. The van der Waals surface area contributed by atoms with Crippen LogP contribution in [0.1, 0.15) is 5.56 Å². The van der Waals surface area contributed by atoms with Crippen LogP contribution in [0.15, 0.2) is 47.6 Å². The summed E-state index contributed by atoms with van der Waals surface area (Å²) >= 11 is 8.88. The van der Waals surface area contributed by atoms with Crippen LogP contribution in [-0.2, 0) is 10.0 Å². The van der Waals surface area contributed by atoms with Gasteiger partial charge in [-0.15, -0.1) is 0 Å². The van der Waals surface area contributed by atoms with Gasteiger partial charge in [-0.05, 0) is 59.0 Å². The fourth-order valence-corrected chi connectivity index (χ4v) is 4.59. The maximum atomic E-state index is 12.4. The fraction of sp³-hybridized carbons (Fsp3) is 0. The Labute approximate surface area is 172 Å². The largest absolute Gasteiger partial charge is 0.455 e. The predicted molar refractivity (Wildman–Crippen MR) is 106 cm³/mol. The van der Waals surface area contributed by atoms with Gasteiger partial charge >= 0.3 is 0 Å². The molecule has 0 amide bonds. The van der Waals surface area contributed by atoms with E-state index in [1.165, 1.54) is 24.5 Å². The second-order valence-corrected chi connectivity index (χ2v) is 8.86. The first-order valence-corrected chi connectivity index (χ1v) is 10.6. The smallest absolute Gasteiger partial charge is 0.263 e. The van der Waals surface area contributed by atoms with E-state index in [4.69, 9.17) is 16.3 Å². The summed E-state index contributed by atoms with van der Waals surface area (Å²) in [6, 6.07) is 11.0. The van der Waals surface area contributed by atoms with Gasteiger partial charge in [-0.3, -0.25) is 4.72 Å². The maximum absolute atomic E-state index is 12.4. The summed E-state index contributed by atoms with van der Waals surface area (Å²) < 4.78 is 37.3. The van der Waals surface area contributed by atoms with Gasteiger partial charge in [0.25, 0.3) is 10.0 Å². The number of nitriles is 1. The molecule has 0 saturated heterocycles. The van der Waals surface area contributed by atoms with Crippen LogP contribution in [0.3, 0.4) is 0 Å². The molecular weight excluding hydrogens is 511 g/mol. The van der Waals surface area contributed by atoms with Crippen molar-refractivity contribution in [3.8, 4) is 17.6 Å². The first kappa shape index (κ1) is 18.8. The number of benzene rings is 2. The number of nitrogens with zero attached hydrogens (tertiary/aromatic N) is 3. The number of hydrogen-bond acceptors (Lipinski definition) is 7. The fourth-order valence-electron chi connectivity index (χ4n) is 1.92. The van der Waals surface area contributed by atoms with Crippen LogP contribution >= 0.6 is 45.7 Å². The van der Waals surface area contributed by atoms with E-state index in [9.17, 15) is 13.7 Å². The maximum Gasteiger partial charge on any atom is 0.263 e. The molecule has 0 bridgehead atoms. The van der Waals surface area contributed by atoms with Gasteiger partial charge in [0, 0.05) is 16.6 Å². The van der Waals surface area contributed by atoms with E-state index in [1.807, 2.05) is 6.07 Å². The SMILES string of the molecule is N#Cc1cc(S(=O)(=O)Nc2ncns2)ccc1Oc1ccc(Cl)cc1I. The molecule has 0 unspecified atom stereocenters. The molecule has 3 rings (SSSR count). The van der Waals surface area contributed by atoms with Crippen LogP contribution in [-0.4, -0.2) is 17.8 Å². The van der Waals surface area contributed by atoms with Crippen molar-refractivity contribution >= 4 is 60.9 Å². The first-order valence-electron chi connectivity index (χ1n) is 6.85. The monoisotopic (exact) mass is 518 g/mol. The Balaban J connectivity index is 1.92. The highest BCUT2D eigenvalue weighted by Crippen LogP contribution is 2.32. The molecule has 0 spiro atoms. The van der Waals surface area contributed by atoms with E-state index in [2.05, 4.69) is 36.7 Å². The van der Waals surface area contributed by atoms with Crippen LogP contribution in [0.5, 0.6) is 11.5 Å². The summed E-state index contributed by atoms with van der Waals surface area (Å²) in [5.74, 6) is 0.747. The molecule has 1 heterocycles.